The van der Waals surface area contributed by atoms with Crippen molar-refractivity contribution in [1.29, 1.82) is 0 Å². The van der Waals surface area contributed by atoms with E-state index in [4.69, 9.17) is 5.73 Å². The molecular formula is C14H16FNS. The molecule has 0 amide bonds. The molecule has 1 aromatic carbocycles. The Balaban J connectivity index is 2.21. The minimum atomic E-state index is -0.197. The third-order valence-electron chi connectivity index (χ3n) is 2.74. The van der Waals surface area contributed by atoms with Crippen molar-refractivity contribution in [2.75, 3.05) is 0 Å². The number of rotatable bonds is 4. The molecule has 0 saturated heterocycles. The van der Waals surface area contributed by atoms with Gasteiger partial charge in [0.1, 0.15) is 5.82 Å². The van der Waals surface area contributed by atoms with Gasteiger partial charge in [0.25, 0.3) is 0 Å². The van der Waals surface area contributed by atoms with Crippen LogP contribution in [0.5, 0.6) is 0 Å². The molecule has 2 rings (SSSR count). The van der Waals surface area contributed by atoms with Crippen LogP contribution >= 0.6 is 11.3 Å². The van der Waals surface area contributed by atoms with Crippen molar-refractivity contribution in [2.24, 2.45) is 5.73 Å². The summed E-state index contributed by atoms with van der Waals surface area (Å²) in [6, 6.07) is 6.87. The molecule has 1 nitrogen and oxygen atoms in total. The van der Waals surface area contributed by atoms with Gasteiger partial charge in [-0.1, -0.05) is 5.57 Å². The lowest BCUT2D eigenvalue weighted by molar-refractivity contribution is 0.630. The molecule has 0 aliphatic heterocycles. The Morgan fingerprint density at radius 1 is 1.47 bits per heavy atom. The number of thiophene rings is 1. The van der Waals surface area contributed by atoms with Gasteiger partial charge in [0.2, 0.25) is 0 Å². The van der Waals surface area contributed by atoms with Crippen molar-refractivity contribution in [1.82, 2.24) is 0 Å². The first kappa shape index (κ1) is 12.3. The molecule has 0 radical (unpaired) electrons. The molecule has 2 N–H and O–H groups in total. The van der Waals surface area contributed by atoms with E-state index in [-0.39, 0.29) is 11.9 Å². The lowest BCUT2D eigenvalue weighted by atomic mass is 10.1. The SMILES string of the molecule is C=C(C)CCC(N)c1cc2cc(F)ccc2s1. The van der Waals surface area contributed by atoms with Crippen molar-refractivity contribution in [3.8, 4) is 0 Å². The molecule has 0 bridgehead atoms. The van der Waals surface area contributed by atoms with E-state index < -0.39 is 0 Å². The zero-order valence-corrected chi connectivity index (χ0v) is 10.7. The van der Waals surface area contributed by atoms with Gasteiger partial charge in [-0.05, 0) is 49.4 Å². The predicted molar refractivity (Wildman–Crippen MR) is 72.8 cm³/mol. The van der Waals surface area contributed by atoms with Crippen LogP contribution in [0.4, 0.5) is 4.39 Å². The van der Waals surface area contributed by atoms with Crippen LogP contribution in [0.15, 0.2) is 36.4 Å². The van der Waals surface area contributed by atoms with Crippen LogP contribution in [-0.4, -0.2) is 0 Å². The summed E-state index contributed by atoms with van der Waals surface area (Å²) < 4.78 is 14.2. The second-order valence-corrected chi connectivity index (χ2v) is 5.55. The Kier molecular flexibility index (Phi) is 3.60. The number of halogens is 1. The summed E-state index contributed by atoms with van der Waals surface area (Å²) in [7, 11) is 0. The van der Waals surface area contributed by atoms with Crippen LogP contribution in [0.1, 0.15) is 30.7 Å². The summed E-state index contributed by atoms with van der Waals surface area (Å²) in [6.07, 6.45) is 1.83. The largest absolute Gasteiger partial charge is 0.323 e. The quantitative estimate of drug-likeness (QED) is 0.799. The summed E-state index contributed by atoms with van der Waals surface area (Å²) in [6.45, 7) is 5.88. The molecule has 90 valence electrons. The zero-order chi connectivity index (χ0) is 12.4. The van der Waals surface area contributed by atoms with Gasteiger partial charge >= 0.3 is 0 Å². The Labute approximate surface area is 105 Å². The van der Waals surface area contributed by atoms with Gasteiger partial charge in [-0.2, -0.15) is 0 Å². The summed E-state index contributed by atoms with van der Waals surface area (Å²) in [5, 5.41) is 0.941. The monoisotopic (exact) mass is 249 g/mol. The number of hydrogen-bond acceptors (Lipinski definition) is 2. The van der Waals surface area contributed by atoms with Crippen LogP contribution in [0, 0.1) is 5.82 Å². The Bertz CT molecular complexity index is 544. The molecule has 1 unspecified atom stereocenters. The van der Waals surface area contributed by atoms with Gasteiger partial charge in [-0.25, -0.2) is 4.39 Å². The summed E-state index contributed by atoms with van der Waals surface area (Å²) >= 11 is 1.64. The molecule has 1 atom stereocenters. The molecule has 3 heteroatoms. The van der Waals surface area contributed by atoms with Crippen LogP contribution in [0.25, 0.3) is 10.1 Å². The van der Waals surface area contributed by atoms with E-state index >= 15 is 0 Å². The summed E-state index contributed by atoms with van der Waals surface area (Å²) in [4.78, 5) is 1.12. The lowest BCUT2D eigenvalue weighted by Gasteiger charge is -2.08. The van der Waals surface area contributed by atoms with E-state index in [1.807, 2.05) is 19.1 Å². The number of allylic oxidation sites excluding steroid dienone is 1. The van der Waals surface area contributed by atoms with E-state index in [2.05, 4.69) is 6.58 Å². The normalized spacial score (nSPS) is 12.9. The molecule has 1 heterocycles. The van der Waals surface area contributed by atoms with E-state index in [1.54, 1.807) is 17.4 Å². The second kappa shape index (κ2) is 4.98. The number of hydrogen-bond donors (Lipinski definition) is 1. The van der Waals surface area contributed by atoms with Crippen LogP contribution in [0.2, 0.25) is 0 Å². The summed E-state index contributed by atoms with van der Waals surface area (Å²) in [5.41, 5.74) is 7.27. The fourth-order valence-corrected chi connectivity index (χ4v) is 2.84. The summed E-state index contributed by atoms with van der Waals surface area (Å²) in [5.74, 6) is -0.197. The lowest BCUT2D eigenvalue weighted by Crippen LogP contribution is -2.08. The highest BCUT2D eigenvalue weighted by atomic mass is 32.1. The number of benzene rings is 1. The van der Waals surface area contributed by atoms with Gasteiger partial charge in [0.15, 0.2) is 0 Å². The van der Waals surface area contributed by atoms with Crippen LogP contribution < -0.4 is 5.73 Å². The average Bonchev–Trinajstić information content (AvgIpc) is 2.68. The van der Waals surface area contributed by atoms with E-state index in [0.717, 1.165) is 33.4 Å². The molecule has 0 aliphatic carbocycles. The van der Waals surface area contributed by atoms with Crippen LogP contribution in [0.3, 0.4) is 0 Å². The van der Waals surface area contributed by atoms with E-state index in [1.165, 1.54) is 6.07 Å². The highest BCUT2D eigenvalue weighted by Crippen LogP contribution is 2.31. The highest BCUT2D eigenvalue weighted by molar-refractivity contribution is 7.19. The minimum absolute atomic E-state index is 0.0205. The van der Waals surface area contributed by atoms with Gasteiger partial charge in [-0.15, -0.1) is 17.9 Å². The molecule has 1 aromatic heterocycles. The molecule has 0 spiro atoms. The van der Waals surface area contributed by atoms with E-state index in [0.29, 0.717) is 0 Å². The third kappa shape index (κ3) is 2.93. The molecule has 17 heavy (non-hydrogen) atoms. The van der Waals surface area contributed by atoms with Gasteiger partial charge in [0, 0.05) is 15.6 Å². The van der Waals surface area contributed by atoms with Crippen LogP contribution in [-0.2, 0) is 0 Å². The first-order valence-electron chi connectivity index (χ1n) is 5.65. The first-order chi connectivity index (χ1) is 8.06. The Morgan fingerprint density at radius 3 is 2.94 bits per heavy atom. The Hall–Kier alpha value is -1.19. The molecule has 0 aliphatic rings. The van der Waals surface area contributed by atoms with Gasteiger partial charge in [-0.3, -0.25) is 0 Å². The number of nitrogens with two attached hydrogens (primary N) is 1. The minimum Gasteiger partial charge on any atom is -0.323 e. The van der Waals surface area contributed by atoms with Gasteiger partial charge < -0.3 is 5.73 Å². The van der Waals surface area contributed by atoms with Crippen molar-refractivity contribution < 1.29 is 4.39 Å². The highest BCUT2D eigenvalue weighted by Gasteiger charge is 2.10. The molecule has 2 aromatic rings. The van der Waals surface area contributed by atoms with Gasteiger partial charge in [0.05, 0.1) is 0 Å². The molecule has 0 fully saturated rings. The van der Waals surface area contributed by atoms with E-state index in [9.17, 15) is 4.39 Å². The third-order valence-corrected chi connectivity index (χ3v) is 3.99. The van der Waals surface area contributed by atoms with Crippen molar-refractivity contribution in [3.05, 3.63) is 47.1 Å². The first-order valence-corrected chi connectivity index (χ1v) is 6.47. The topological polar surface area (TPSA) is 26.0 Å². The maximum Gasteiger partial charge on any atom is 0.123 e. The Morgan fingerprint density at radius 2 is 2.24 bits per heavy atom. The average molecular weight is 249 g/mol. The number of fused-ring (bicyclic) bond motifs is 1. The molecule has 0 saturated carbocycles. The fourth-order valence-electron chi connectivity index (χ4n) is 1.76. The maximum atomic E-state index is 13.1. The molecular weight excluding hydrogens is 233 g/mol. The van der Waals surface area contributed by atoms with Crippen molar-refractivity contribution in [3.63, 3.8) is 0 Å². The second-order valence-electron chi connectivity index (χ2n) is 4.43. The zero-order valence-electron chi connectivity index (χ0n) is 9.87. The maximum absolute atomic E-state index is 13.1. The smallest absolute Gasteiger partial charge is 0.123 e. The van der Waals surface area contributed by atoms with Crippen molar-refractivity contribution in [2.45, 2.75) is 25.8 Å². The standard InChI is InChI=1S/C14H16FNS/c1-9(2)3-5-12(16)14-8-10-7-11(15)4-6-13(10)17-14/h4,6-8,12H,1,3,5,16H2,2H3. The van der Waals surface area contributed by atoms with Crippen molar-refractivity contribution >= 4 is 21.4 Å². The fraction of sp³-hybridized carbons (Fsp3) is 0.286. The predicted octanol–water partition coefficient (Wildman–Crippen LogP) is 4.40.